The Morgan fingerprint density at radius 3 is 2.57 bits per heavy atom. The first-order valence-electron chi connectivity index (χ1n) is 9.68. The Bertz CT molecular complexity index is 1010. The van der Waals surface area contributed by atoms with E-state index in [-0.39, 0.29) is 18.5 Å². The molecule has 0 saturated heterocycles. The molecule has 8 nitrogen and oxygen atoms in total. The molecule has 4 rings (SSSR count). The van der Waals surface area contributed by atoms with E-state index in [0.29, 0.717) is 46.0 Å². The van der Waals surface area contributed by atoms with Gasteiger partial charge in [0.1, 0.15) is 5.92 Å². The molecule has 0 bridgehead atoms. The summed E-state index contributed by atoms with van der Waals surface area (Å²) >= 11 is 0. The Labute approximate surface area is 173 Å². The molecule has 1 aliphatic carbocycles. The van der Waals surface area contributed by atoms with E-state index in [0.717, 1.165) is 0 Å². The minimum atomic E-state index is -0.927. The summed E-state index contributed by atoms with van der Waals surface area (Å²) in [6, 6.07) is 5.30. The standard InChI is InChI=1S/C22H23NO7/c1-10-7-13-19(20(24)16(10)21(25)27-3)18(17(11(2)23-13)22(26)28-4)12-5-6-14-15(8-12)30-9-29-14/h5-6,8,10,16,18,23H,7,9H2,1-4H3/t10-,16+,18-/m0/s1. The number of esters is 2. The largest absolute Gasteiger partial charge is 0.468 e. The number of ketones is 1. The Kier molecular flexibility index (Phi) is 5.01. The molecular formula is C22H23NO7. The second-order valence-corrected chi connectivity index (χ2v) is 7.64. The van der Waals surface area contributed by atoms with Gasteiger partial charge in [-0.2, -0.15) is 0 Å². The average molecular weight is 413 g/mol. The summed E-state index contributed by atoms with van der Waals surface area (Å²) in [6.45, 7) is 3.73. The van der Waals surface area contributed by atoms with Crippen LogP contribution in [0.1, 0.15) is 31.7 Å². The number of hydrogen-bond donors (Lipinski definition) is 1. The quantitative estimate of drug-likeness (QED) is 0.595. The fourth-order valence-electron chi connectivity index (χ4n) is 4.49. The van der Waals surface area contributed by atoms with Crippen molar-refractivity contribution in [3.8, 4) is 11.5 Å². The lowest BCUT2D eigenvalue weighted by Gasteiger charge is -2.38. The van der Waals surface area contributed by atoms with E-state index >= 15 is 0 Å². The molecule has 2 aliphatic heterocycles. The zero-order chi connectivity index (χ0) is 21.6. The molecule has 30 heavy (non-hydrogen) atoms. The number of carbonyl (C=O) groups is 3. The van der Waals surface area contributed by atoms with Gasteiger partial charge >= 0.3 is 11.9 Å². The first-order chi connectivity index (χ1) is 14.4. The Morgan fingerprint density at radius 1 is 1.13 bits per heavy atom. The van der Waals surface area contributed by atoms with Crippen LogP contribution in [-0.2, 0) is 23.9 Å². The van der Waals surface area contributed by atoms with Crippen molar-refractivity contribution in [1.82, 2.24) is 5.32 Å². The van der Waals surface area contributed by atoms with Crippen LogP contribution in [-0.4, -0.2) is 38.7 Å². The number of nitrogens with one attached hydrogen (secondary N) is 1. The van der Waals surface area contributed by atoms with Crippen LogP contribution in [0.15, 0.2) is 40.7 Å². The number of carbonyl (C=O) groups excluding carboxylic acids is 3. The van der Waals surface area contributed by atoms with Gasteiger partial charge in [0.15, 0.2) is 17.3 Å². The Hall–Kier alpha value is -3.29. The van der Waals surface area contributed by atoms with Crippen LogP contribution in [0.3, 0.4) is 0 Å². The minimum absolute atomic E-state index is 0.110. The molecule has 0 saturated carbocycles. The monoisotopic (exact) mass is 413 g/mol. The summed E-state index contributed by atoms with van der Waals surface area (Å²) in [5.74, 6) is -2.19. The van der Waals surface area contributed by atoms with Crippen molar-refractivity contribution < 1.29 is 33.3 Å². The van der Waals surface area contributed by atoms with E-state index < -0.39 is 23.8 Å². The summed E-state index contributed by atoms with van der Waals surface area (Å²) in [4.78, 5) is 38.6. The number of rotatable bonds is 3. The molecule has 158 valence electrons. The summed E-state index contributed by atoms with van der Waals surface area (Å²) in [7, 11) is 2.57. The second kappa shape index (κ2) is 7.51. The lowest BCUT2D eigenvalue weighted by molar-refractivity contribution is -0.151. The van der Waals surface area contributed by atoms with E-state index in [2.05, 4.69) is 5.32 Å². The molecule has 3 atom stereocenters. The zero-order valence-electron chi connectivity index (χ0n) is 17.2. The molecule has 3 aliphatic rings. The third-order valence-corrected chi connectivity index (χ3v) is 5.88. The molecule has 0 radical (unpaired) electrons. The van der Waals surface area contributed by atoms with Crippen LogP contribution < -0.4 is 14.8 Å². The third-order valence-electron chi connectivity index (χ3n) is 5.88. The maximum Gasteiger partial charge on any atom is 0.336 e. The number of ether oxygens (including phenoxy) is 4. The zero-order valence-corrected chi connectivity index (χ0v) is 17.2. The van der Waals surface area contributed by atoms with Gasteiger partial charge in [-0.3, -0.25) is 9.59 Å². The van der Waals surface area contributed by atoms with Crippen LogP contribution in [0.4, 0.5) is 0 Å². The summed E-state index contributed by atoms with van der Waals surface area (Å²) in [5, 5.41) is 3.20. The molecule has 0 unspecified atom stereocenters. The van der Waals surface area contributed by atoms with E-state index in [1.54, 1.807) is 25.1 Å². The van der Waals surface area contributed by atoms with Crippen molar-refractivity contribution >= 4 is 17.7 Å². The van der Waals surface area contributed by atoms with E-state index in [1.165, 1.54) is 14.2 Å². The number of dihydropyridines is 1. The SMILES string of the molecule is COC(=O)C1=C(C)NC2=C(C(=O)[C@H](C(=O)OC)[C@@H](C)C2)[C@H]1c1ccc2c(c1)OCO2. The molecule has 1 aromatic rings. The number of hydrogen-bond acceptors (Lipinski definition) is 8. The van der Waals surface area contributed by atoms with Crippen molar-refractivity contribution in [1.29, 1.82) is 0 Å². The normalized spacial score (nSPS) is 24.9. The molecule has 1 aromatic carbocycles. The van der Waals surface area contributed by atoms with Crippen LogP contribution in [0.5, 0.6) is 11.5 Å². The molecule has 0 fully saturated rings. The van der Waals surface area contributed by atoms with Gasteiger partial charge in [-0.15, -0.1) is 0 Å². The summed E-state index contributed by atoms with van der Waals surface area (Å²) in [5.41, 5.74) is 2.70. The number of benzene rings is 1. The van der Waals surface area contributed by atoms with Crippen LogP contribution in [0.25, 0.3) is 0 Å². The van der Waals surface area contributed by atoms with Gasteiger partial charge in [-0.1, -0.05) is 13.0 Å². The van der Waals surface area contributed by atoms with Gasteiger partial charge in [0.05, 0.1) is 19.8 Å². The van der Waals surface area contributed by atoms with Gasteiger partial charge < -0.3 is 24.3 Å². The Morgan fingerprint density at radius 2 is 1.87 bits per heavy atom. The van der Waals surface area contributed by atoms with Gasteiger partial charge in [0.25, 0.3) is 0 Å². The minimum Gasteiger partial charge on any atom is -0.468 e. The van der Waals surface area contributed by atoms with Crippen molar-refractivity contribution in [2.24, 2.45) is 11.8 Å². The summed E-state index contributed by atoms with van der Waals surface area (Å²) in [6.07, 6.45) is 0.480. The fraction of sp³-hybridized carbons (Fsp3) is 0.409. The third kappa shape index (κ3) is 3.03. The molecule has 2 heterocycles. The lowest BCUT2D eigenvalue weighted by Crippen LogP contribution is -2.43. The topological polar surface area (TPSA) is 100 Å². The van der Waals surface area contributed by atoms with E-state index in [9.17, 15) is 14.4 Å². The van der Waals surface area contributed by atoms with Crippen LogP contribution in [0.2, 0.25) is 0 Å². The highest BCUT2D eigenvalue weighted by Gasteiger charge is 2.47. The first kappa shape index (κ1) is 20.0. The molecule has 0 amide bonds. The van der Waals surface area contributed by atoms with Crippen molar-refractivity contribution in [3.63, 3.8) is 0 Å². The van der Waals surface area contributed by atoms with Gasteiger partial charge in [0, 0.05) is 22.9 Å². The highest BCUT2D eigenvalue weighted by molar-refractivity contribution is 6.12. The van der Waals surface area contributed by atoms with Crippen LogP contribution in [0, 0.1) is 11.8 Å². The lowest BCUT2D eigenvalue weighted by atomic mass is 9.69. The van der Waals surface area contributed by atoms with E-state index in [4.69, 9.17) is 18.9 Å². The van der Waals surface area contributed by atoms with Crippen LogP contribution >= 0.6 is 0 Å². The van der Waals surface area contributed by atoms with Crippen molar-refractivity contribution in [2.75, 3.05) is 21.0 Å². The predicted molar refractivity (Wildman–Crippen MR) is 104 cm³/mol. The second-order valence-electron chi connectivity index (χ2n) is 7.64. The van der Waals surface area contributed by atoms with Gasteiger partial charge in [-0.25, -0.2) is 4.79 Å². The maximum absolute atomic E-state index is 13.5. The van der Waals surface area contributed by atoms with E-state index in [1.807, 2.05) is 6.92 Å². The highest BCUT2D eigenvalue weighted by atomic mass is 16.7. The molecule has 8 heteroatoms. The number of Topliss-reactive ketones (excluding diaryl/α,β-unsaturated/α-hetero) is 1. The highest BCUT2D eigenvalue weighted by Crippen LogP contribution is 2.47. The number of fused-ring (bicyclic) bond motifs is 1. The van der Waals surface area contributed by atoms with Crippen molar-refractivity contribution in [2.45, 2.75) is 26.2 Å². The number of allylic oxidation sites excluding steroid dienone is 3. The number of methoxy groups -OCH3 is 2. The molecular weight excluding hydrogens is 390 g/mol. The Balaban J connectivity index is 1.88. The average Bonchev–Trinajstić information content (AvgIpc) is 3.19. The molecule has 1 N–H and O–H groups in total. The predicted octanol–water partition coefficient (Wildman–Crippen LogP) is 2.20. The summed E-state index contributed by atoms with van der Waals surface area (Å²) < 4.78 is 20.8. The smallest absolute Gasteiger partial charge is 0.336 e. The van der Waals surface area contributed by atoms with Gasteiger partial charge in [-0.05, 0) is 37.0 Å². The molecule has 0 aromatic heterocycles. The maximum atomic E-state index is 13.5. The fourth-order valence-corrected chi connectivity index (χ4v) is 4.49. The van der Waals surface area contributed by atoms with Crippen molar-refractivity contribution in [3.05, 3.63) is 46.3 Å². The first-order valence-corrected chi connectivity index (χ1v) is 9.68. The molecule has 0 spiro atoms. The van der Waals surface area contributed by atoms with Gasteiger partial charge in [0.2, 0.25) is 6.79 Å².